The van der Waals surface area contributed by atoms with Gasteiger partial charge >= 0.3 is 0 Å². The van der Waals surface area contributed by atoms with Crippen LogP contribution in [0.25, 0.3) is 0 Å². The molecule has 4 aliphatic carbocycles. The maximum atomic E-state index is 6.39. The Hall–Kier alpha value is -0.940. The van der Waals surface area contributed by atoms with Gasteiger partial charge in [0, 0.05) is 37.7 Å². The highest BCUT2D eigenvalue weighted by molar-refractivity contribution is 9.10. The van der Waals surface area contributed by atoms with Crippen LogP contribution in [0.15, 0.2) is 34.8 Å². The Morgan fingerprint density at radius 1 is 0.970 bits per heavy atom. The average Bonchev–Trinajstić information content (AvgIpc) is 2.70. The zero-order valence-corrected chi connectivity index (χ0v) is 22.7. The molecule has 33 heavy (non-hydrogen) atoms. The van der Waals surface area contributed by atoms with Gasteiger partial charge in [0.15, 0.2) is 11.5 Å². The van der Waals surface area contributed by atoms with Crippen LogP contribution in [-0.2, 0) is 13.2 Å². The molecule has 4 saturated carbocycles. The van der Waals surface area contributed by atoms with Crippen molar-refractivity contribution < 1.29 is 9.47 Å². The summed E-state index contributed by atoms with van der Waals surface area (Å²) in [5.74, 6) is 2.29. The summed E-state index contributed by atoms with van der Waals surface area (Å²) >= 11 is 16.5. The Kier molecular flexibility index (Phi) is 6.21. The summed E-state index contributed by atoms with van der Waals surface area (Å²) < 4.78 is 13.0. The second kappa shape index (κ2) is 8.62. The molecule has 0 aromatic heterocycles. The van der Waals surface area contributed by atoms with Crippen LogP contribution in [-0.4, -0.2) is 12.6 Å². The van der Waals surface area contributed by atoms with Crippen molar-refractivity contribution in [3.8, 4) is 11.5 Å². The molecule has 4 bridgehead atoms. The van der Waals surface area contributed by atoms with Crippen molar-refractivity contribution >= 4 is 39.1 Å². The first-order valence-electron chi connectivity index (χ1n) is 11.8. The lowest BCUT2D eigenvalue weighted by Crippen LogP contribution is -2.63. The molecular formula is C27H32BrCl2NO2. The number of rotatable bonds is 7. The van der Waals surface area contributed by atoms with Crippen LogP contribution in [0, 0.1) is 16.7 Å². The van der Waals surface area contributed by atoms with Crippen LogP contribution in [0.4, 0.5) is 0 Å². The topological polar surface area (TPSA) is 30.5 Å². The molecule has 6 rings (SSSR count). The highest BCUT2D eigenvalue weighted by Gasteiger charge is 2.59. The Morgan fingerprint density at radius 2 is 1.64 bits per heavy atom. The van der Waals surface area contributed by atoms with E-state index in [1.165, 1.54) is 38.5 Å². The maximum Gasteiger partial charge on any atom is 0.167 e. The number of methoxy groups -OCH3 is 1. The van der Waals surface area contributed by atoms with E-state index in [-0.39, 0.29) is 12.1 Å². The van der Waals surface area contributed by atoms with Gasteiger partial charge < -0.3 is 14.8 Å². The van der Waals surface area contributed by atoms with Gasteiger partial charge in [0.25, 0.3) is 0 Å². The molecule has 178 valence electrons. The van der Waals surface area contributed by atoms with Gasteiger partial charge in [0.05, 0.1) is 7.11 Å². The minimum Gasteiger partial charge on any atom is -0.493 e. The second-order valence-corrected chi connectivity index (χ2v) is 13.0. The molecular weight excluding hydrogens is 521 g/mol. The first-order chi connectivity index (χ1) is 15.6. The Balaban J connectivity index is 1.41. The van der Waals surface area contributed by atoms with E-state index >= 15 is 0 Å². The summed E-state index contributed by atoms with van der Waals surface area (Å²) in [5, 5.41) is 5.24. The van der Waals surface area contributed by atoms with Gasteiger partial charge in [-0.3, -0.25) is 0 Å². The van der Waals surface area contributed by atoms with E-state index in [0.717, 1.165) is 33.8 Å². The van der Waals surface area contributed by atoms with Gasteiger partial charge in [-0.2, -0.15) is 0 Å². The van der Waals surface area contributed by atoms with E-state index in [1.54, 1.807) is 7.11 Å². The molecule has 0 amide bonds. The summed E-state index contributed by atoms with van der Waals surface area (Å²) in [6.07, 6.45) is 7.96. The molecule has 6 heteroatoms. The summed E-state index contributed by atoms with van der Waals surface area (Å²) in [6, 6.07) is 9.48. The molecule has 0 heterocycles. The van der Waals surface area contributed by atoms with E-state index in [1.807, 2.05) is 30.3 Å². The molecule has 0 saturated heterocycles. The zero-order chi connectivity index (χ0) is 23.4. The predicted octanol–water partition coefficient (Wildman–Crippen LogP) is 8.18. The first-order valence-corrected chi connectivity index (χ1v) is 13.3. The van der Waals surface area contributed by atoms with Crippen molar-refractivity contribution in [2.45, 2.75) is 71.1 Å². The number of nitrogens with one attached hydrogen (secondary N) is 1. The van der Waals surface area contributed by atoms with Crippen LogP contribution in [0.2, 0.25) is 10.0 Å². The number of benzene rings is 2. The molecule has 0 radical (unpaired) electrons. The fourth-order valence-electron chi connectivity index (χ4n) is 7.80. The predicted molar refractivity (Wildman–Crippen MR) is 138 cm³/mol. The summed E-state index contributed by atoms with van der Waals surface area (Å²) in [5.41, 5.74) is 2.99. The maximum absolute atomic E-state index is 6.39. The molecule has 2 aromatic rings. The molecule has 4 fully saturated rings. The molecule has 2 unspecified atom stereocenters. The Bertz CT molecular complexity index is 1040. The minimum absolute atomic E-state index is 0.203. The molecule has 0 aliphatic heterocycles. The summed E-state index contributed by atoms with van der Waals surface area (Å²) in [4.78, 5) is 0. The van der Waals surface area contributed by atoms with E-state index in [9.17, 15) is 0 Å². The summed E-state index contributed by atoms with van der Waals surface area (Å²) in [6.45, 7) is 6.02. The van der Waals surface area contributed by atoms with Crippen molar-refractivity contribution in [3.63, 3.8) is 0 Å². The van der Waals surface area contributed by atoms with Crippen molar-refractivity contribution in [1.82, 2.24) is 5.32 Å². The lowest BCUT2D eigenvalue weighted by molar-refractivity contribution is -0.118. The normalized spacial score (nSPS) is 32.2. The zero-order valence-electron chi connectivity index (χ0n) is 19.6. The highest BCUT2D eigenvalue weighted by Crippen LogP contribution is 2.66. The lowest BCUT2D eigenvalue weighted by atomic mass is 9.43. The third-order valence-electron chi connectivity index (χ3n) is 8.08. The molecule has 3 nitrogen and oxygen atoms in total. The SMILES string of the molecule is COc1ccc(Br)c(CNC23CC4CC(C)(CC(C)(C4)C2)C3)c1OCc1c(Cl)cccc1Cl. The van der Waals surface area contributed by atoms with E-state index < -0.39 is 0 Å². The fourth-order valence-corrected chi connectivity index (χ4v) is 8.76. The summed E-state index contributed by atoms with van der Waals surface area (Å²) in [7, 11) is 1.68. The third kappa shape index (κ3) is 4.53. The quantitative estimate of drug-likeness (QED) is 0.375. The Labute approximate surface area is 215 Å². The van der Waals surface area contributed by atoms with E-state index in [4.69, 9.17) is 32.7 Å². The number of halogens is 3. The molecule has 0 spiro atoms. The fraction of sp³-hybridized carbons (Fsp3) is 0.556. The standard InChI is InChI=1S/C27H32BrCl2NO2/c1-25-9-17-10-26(2,14-25)16-27(11-17,15-25)31-12-18-20(28)7-8-23(32-3)24(18)33-13-19-21(29)5-4-6-22(19)30/h4-8,17,31H,9-16H2,1-3H3. The monoisotopic (exact) mass is 551 g/mol. The minimum atomic E-state index is 0.203. The van der Waals surface area contributed by atoms with Gasteiger partial charge in [-0.15, -0.1) is 0 Å². The third-order valence-corrected chi connectivity index (χ3v) is 9.53. The van der Waals surface area contributed by atoms with Crippen molar-refractivity contribution in [2.24, 2.45) is 16.7 Å². The van der Waals surface area contributed by atoms with Gasteiger partial charge in [-0.25, -0.2) is 0 Å². The first kappa shape index (κ1) is 23.8. The van der Waals surface area contributed by atoms with Crippen LogP contribution < -0.4 is 14.8 Å². The van der Waals surface area contributed by atoms with Crippen molar-refractivity contribution in [1.29, 1.82) is 0 Å². The van der Waals surface area contributed by atoms with E-state index in [2.05, 4.69) is 35.1 Å². The van der Waals surface area contributed by atoms with Gasteiger partial charge in [0.1, 0.15) is 6.61 Å². The van der Waals surface area contributed by atoms with Crippen LogP contribution in [0.5, 0.6) is 11.5 Å². The molecule has 2 aromatic carbocycles. The van der Waals surface area contributed by atoms with Gasteiger partial charge in [-0.1, -0.05) is 59.0 Å². The molecule has 1 N–H and O–H groups in total. The van der Waals surface area contributed by atoms with Gasteiger partial charge in [0.2, 0.25) is 0 Å². The number of ether oxygens (including phenoxy) is 2. The van der Waals surface area contributed by atoms with Crippen molar-refractivity contribution in [3.05, 3.63) is 56.0 Å². The highest BCUT2D eigenvalue weighted by atomic mass is 79.9. The average molecular weight is 553 g/mol. The molecule has 2 atom stereocenters. The van der Waals surface area contributed by atoms with E-state index in [0.29, 0.717) is 26.6 Å². The lowest BCUT2D eigenvalue weighted by Gasteiger charge is -2.65. The van der Waals surface area contributed by atoms with Gasteiger partial charge in [-0.05, 0) is 79.5 Å². The largest absolute Gasteiger partial charge is 0.493 e. The number of hydrogen-bond donors (Lipinski definition) is 1. The Morgan fingerprint density at radius 3 is 2.24 bits per heavy atom. The van der Waals surface area contributed by atoms with Crippen LogP contribution in [0.3, 0.4) is 0 Å². The van der Waals surface area contributed by atoms with Crippen LogP contribution in [0.1, 0.15) is 63.5 Å². The smallest absolute Gasteiger partial charge is 0.167 e. The second-order valence-electron chi connectivity index (χ2n) is 11.3. The van der Waals surface area contributed by atoms with Crippen molar-refractivity contribution in [2.75, 3.05) is 7.11 Å². The molecule has 4 aliphatic rings. The number of hydrogen-bond acceptors (Lipinski definition) is 3. The van der Waals surface area contributed by atoms with Crippen LogP contribution >= 0.6 is 39.1 Å².